The van der Waals surface area contributed by atoms with Crippen molar-refractivity contribution in [1.29, 1.82) is 0 Å². The van der Waals surface area contributed by atoms with Crippen LogP contribution >= 0.6 is 0 Å². The fraction of sp³-hybridized carbons (Fsp3) is 0.750. The van der Waals surface area contributed by atoms with E-state index in [2.05, 4.69) is 5.10 Å². The minimum Gasteiger partial charge on any atom is -0.396 e. The normalized spacial score (nSPS) is 20.5. The van der Waals surface area contributed by atoms with E-state index < -0.39 is 0 Å². The molecule has 0 spiro atoms. The van der Waals surface area contributed by atoms with Gasteiger partial charge in [0, 0.05) is 13.2 Å². The highest BCUT2D eigenvalue weighted by molar-refractivity contribution is 5.46. The molecule has 0 saturated carbocycles. The van der Waals surface area contributed by atoms with Crippen molar-refractivity contribution in [3.8, 4) is 0 Å². The zero-order chi connectivity index (χ0) is 11.5. The van der Waals surface area contributed by atoms with Crippen LogP contribution in [0, 0.1) is 13.8 Å². The summed E-state index contributed by atoms with van der Waals surface area (Å²) in [6.07, 6.45) is 5.18. The van der Waals surface area contributed by atoms with Gasteiger partial charge >= 0.3 is 0 Å². The summed E-state index contributed by atoms with van der Waals surface area (Å²) in [4.78, 5) is 0. The maximum Gasteiger partial charge on any atom is 0.0825 e. The fourth-order valence-electron chi connectivity index (χ4n) is 2.27. The van der Waals surface area contributed by atoms with Crippen molar-refractivity contribution in [2.45, 2.75) is 52.2 Å². The Morgan fingerprint density at radius 1 is 1.50 bits per heavy atom. The molecular formula is C12H21N3O. The monoisotopic (exact) mass is 223 g/mol. The molecule has 1 atom stereocenters. The van der Waals surface area contributed by atoms with Crippen LogP contribution in [0.3, 0.4) is 0 Å². The van der Waals surface area contributed by atoms with Gasteiger partial charge in [-0.05, 0) is 39.5 Å². The minimum absolute atomic E-state index is 0.481. The van der Waals surface area contributed by atoms with E-state index in [0.717, 1.165) is 43.1 Å². The molecule has 0 amide bonds. The van der Waals surface area contributed by atoms with Gasteiger partial charge in [0.05, 0.1) is 23.2 Å². The Bertz CT molecular complexity index is 353. The van der Waals surface area contributed by atoms with Gasteiger partial charge in [-0.3, -0.25) is 4.68 Å². The van der Waals surface area contributed by atoms with Gasteiger partial charge in [0.25, 0.3) is 0 Å². The molecule has 16 heavy (non-hydrogen) atoms. The molecule has 0 aromatic carbocycles. The van der Waals surface area contributed by atoms with Gasteiger partial charge in [0.1, 0.15) is 0 Å². The Hall–Kier alpha value is -1.03. The molecule has 4 nitrogen and oxygen atoms in total. The Morgan fingerprint density at radius 3 is 2.88 bits per heavy atom. The first-order chi connectivity index (χ1) is 7.68. The molecule has 1 aromatic heterocycles. The smallest absolute Gasteiger partial charge is 0.0825 e. The van der Waals surface area contributed by atoms with E-state index >= 15 is 0 Å². The summed E-state index contributed by atoms with van der Waals surface area (Å²) >= 11 is 0. The molecule has 4 heteroatoms. The summed E-state index contributed by atoms with van der Waals surface area (Å²) in [5.74, 6) is 0. The lowest BCUT2D eigenvalue weighted by Crippen LogP contribution is -2.09. The summed E-state index contributed by atoms with van der Waals surface area (Å²) in [6, 6.07) is 0. The zero-order valence-corrected chi connectivity index (χ0v) is 10.2. The second-order valence-electron chi connectivity index (χ2n) is 4.58. The molecular weight excluding hydrogens is 202 g/mol. The number of anilines is 1. The Labute approximate surface area is 96.8 Å². The van der Waals surface area contributed by atoms with E-state index in [9.17, 15) is 0 Å². The maximum absolute atomic E-state index is 5.89. The van der Waals surface area contributed by atoms with Crippen molar-refractivity contribution in [1.82, 2.24) is 9.78 Å². The minimum atomic E-state index is 0.481. The van der Waals surface area contributed by atoms with Crippen LogP contribution in [0.1, 0.15) is 37.1 Å². The molecule has 90 valence electrons. The van der Waals surface area contributed by atoms with E-state index in [1.165, 1.54) is 12.8 Å². The van der Waals surface area contributed by atoms with Gasteiger partial charge in [0.15, 0.2) is 0 Å². The first-order valence-corrected chi connectivity index (χ1v) is 6.09. The van der Waals surface area contributed by atoms with Crippen molar-refractivity contribution in [2.75, 3.05) is 12.3 Å². The van der Waals surface area contributed by atoms with Crippen LogP contribution in [0.4, 0.5) is 5.69 Å². The Balaban J connectivity index is 1.82. The molecule has 2 rings (SSSR count). The first-order valence-electron chi connectivity index (χ1n) is 6.09. The standard InChI is InChI=1S/C12H21N3O/c1-9-12(13)10(2)15(14-9)7-3-5-11-6-4-8-16-11/h11H,3-8,13H2,1-2H3. The molecule has 1 unspecified atom stereocenters. The summed E-state index contributed by atoms with van der Waals surface area (Å²) in [7, 11) is 0. The van der Waals surface area contributed by atoms with Gasteiger partial charge in [0.2, 0.25) is 0 Å². The summed E-state index contributed by atoms with van der Waals surface area (Å²) < 4.78 is 7.61. The van der Waals surface area contributed by atoms with Crippen LogP contribution in [-0.4, -0.2) is 22.5 Å². The molecule has 1 saturated heterocycles. The number of hydrogen-bond donors (Lipinski definition) is 1. The molecule has 0 bridgehead atoms. The van der Waals surface area contributed by atoms with Crippen molar-refractivity contribution in [3.63, 3.8) is 0 Å². The van der Waals surface area contributed by atoms with Gasteiger partial charge < -0.3 is 10.5 Å². The van der Waals surface area contributed by atoms with E-state index in [-0.39, 0.29) is 0 Å². The number of aryl methyl sites for hydroxylation is 2. The quantitative estimate of drug-likeness (QED) is 0.849. The van der Waals surface area contributed by atoms with Crippen LogP contribution in [0.15, 0.2) is 0 Å². The van der Waals surface area contributed by atoms with Gasteiger partial charge in [-0.1, -0.05) is 0 Å². The third kappa shape index (κ3) is 2.38. The highest BCUT2D eigenvalue weighted by Crippen LogP contribution is 2.19. The van der Waals surface area contributed by atoms with Crippen LogP contribution in [-0.2, 0) is 11.3 Å². The predicted molar refractivity (Wildman–Crippen MR) is 64.3 cm³/mol. The predicted octanol–water partition coefficient (Wildman–Crippen LogP) is 2.04. The number of nitrogens with two attached hydrogens (primary N) is 1. The largest absolute Gasteiger partial charge is 0.396 e. The number of nitrogen functional groups attached to an aromatic ring is 1. The number of hydrogen-bond acceptors (Lipinski definition) is 3. The third-order valence-electron chi connectivity index (χ3n) is 3.36. The van der Waals surface area contributed by atoms with Crippen LogP contribution in [0.2, 0.25) is 0 Å². The molecule has 0 aliphatic carbocycles. The lowest BCUT2D eigenvalue weighted by atomic mass is 10.1. The van der Waals surface area contributed by atoms with E-state index in [1.807, 2.05) is 18.5 Å². The first kappa shape index (κ1) is 11.5. The number of nitrogens with zero attached hydrogens (tertiary/aromatic N) is 2. The molecule has 1 aliphatic rings. The van der Waals surface area contributed by atoms with Gasteiger partial charge in [-0.2, -0.15) is 5.10 Å². The van der Waals surface area contributed by atoms with Crippen LogP contribution < -0.4 is 5.73 Å². The molecule has 2 N–H and O–H groups in total. The lowest BCUT2D eigenvalue weighted by Gasteiger charge is -2.09. The number of ether oxygens (including phenoxy) is 1. The molecule has 1 aromatic rings. The van der Waals surface area contributed by atoms with Gasteiger partial charge in [-0.25, -0.2) is 0 Å². The van der Waals surface area contributed by atoms with Crippen molar-refractivity contribution >= 4 is 5.69 Å². The fourth-order valence-corrected chi connectivity index (χ4v) is 2.27. The SMILES string of the molecule is Cc1nn(CCCC2CCCO2)c(C)c1N. The van der Waals surface area contributed by atoms with Gasteiger partial charge in [-0.15, -0.1) is 0 Å². The Kier molecular flexibility index (Phi) is 3.49. The average Bonchev–Trinajstić information content (AvgIpc) is 2.85. The topological polar surface area (TPSA) is 53.1 Å². The second kappa shape index (κ2) is 4.87. The average molecular weight is 223 g/mol. The zero-order valence-electron chi connectivity index (χ0n) is 10.2. The van der Waals surface area contributed by atoms with Crippen LogP contribution in [0.25, 0.3) is 0 Å². The molecule has 1 aliphatic heterocycles. The third-order valence-corrected chi connectivity index (χ3v) is 3.36. The Morgan fingerprint density at radius 2 is 2.31 bits per heavy atom. The number of rotatable bonds is 4. The highest BCUT2D eigenvalue weighted by Gasteiger charge is 2.15. The highest BCUT2D eigenvalue weighted by atomic mass is 16.5. The molecule has 2 heterocycles. The summed E-state index contributed by atoms with van der Waals surface area (Å²) in [5, 5.41) is 4.42. The lowest BCUT2D eigenvalue weighted by molar-refractivity contribution is 0.101. The van der Waals surface area contributed by atoms with E-state index in [0.29, 0.717) is 6.10 Å². The maximum atomic E-state index is 5.89. The van der Waals surface area contributed by atoms with Crippen molar-refractivity contribution in [2.24, 2.45) is 0 Å². The van der Waals surface area contributed by atoms with E-state index in [4.69, 9.17) is 10.5 Å². The molecule has 1 fully saturated rings. The van der Waals surface area contributed by atoms with Crippen molar-refractivity contribution in [3.05, 3.63) is 11.4 Å². The summed E-state index contributed by atoms with van der Waals surface area (Å²) in [5.41, 5.74) is 8.75. The second-order valence-corrected chi connectivity index (χ2v) is 4.58. The van der Waals surface area contributed by atoms with Crippen LogP contribution in [0.5, 0.6) is 0 Å². The summed E-state index contributed by atoms with van der Waals surface area (Å²) in [6.45, 7) is 5.88. The number of aromatic nitrogens is 2. The van der Waals surface area contributed by atoms with Crippen molar-refractivity contribution < 1.29 is 4.74 Å². The molecule has 0 radical (unpaired) electrons. The van der Waals surface area contributed by atoms with E-state index in [1.54, 1.807) is 0 Å².